The molecular weight excluding hydrogens is 935 g/mol. The van der Waals surface area contributed by atoms with Crippen LogP contribution in [0.3, 0.4) is 0 Å². The third kappa shape index (κ3) is 35.0. The largest absolute Gasteiger partial charge is 0.338 e. The Labute approximate surface area is 344 Å². The monoisotopic (exact) mass is 991 g/mol. The van der Waals surface area contributed by atoms with E-state index in [0.29, 0.717) is 19.8 Å². The molecule has 3 fully saturated rings. The van der Waals surface area contributed by atoms with Crippen LogP contribution in [0.2, 0.25) is 0 Å². The van der Waals surface area contributed by atoms with Gasteiger partial charge in [-0.1, -0.05) is 86.5 Å². The van der Waals surface area contributed by atoms with Crippen LogP contribution >= 0.6 is 0 Å². The zero-order valence-corrected chi connectivity index (χ0v) is 38.9. The molecule has 0 saturated carbocycles. The molecule has 26 heteroatoms. The van der Waals surface area contributed by atoms with Gasteiger partial charge in [-0.2, -0.15) is 34.3 Å². The van der Waals surface area contributed by atoms with Crippen LogP contribution in [0, 0.1) is 0 Å². The summed E-state index contributed by atoms with van der Waals surface area (Å²) in [6.45, 7) is 5.84. The second-order valence-corrected chi connectivity index (χ2v) is 30.5. The first-order valence-electron chi connectivity index (χ1n) is 15.6. The summed E-state index contributed by atoms with van der Waals surface area (Å²) in [7, 11) is 3.99. The zero-order valence-electron chi connectivity index (χ0n) is 27.5. The summed E-state index contributed by atoms with van der Waals surface area (Å²) >= 11 is 9.35. The molecule has 3 aliphatic heterocycles. The number of nitrogens with two attached hydrogens (primary N) is 1. The van der Waals surface area contributed by atoms with Crippen molar-refractivity contribution in [2.75, 3.05) is 26.4 Å². The summed E-state index contributed by atoms with van der Waals surface area (Å²) < 4.78 is 82.9. The molecule has 0 spiro atoms. The van der Waals surface area contributed by atoms with Crippen molar-refractivity contribution in [3.63, 3.8) is 0 Å². The summed E-state index contributed by atoms with van der Waals surface area (Å²) in [5, 5.41) is 4.65. The lowest BCUT2D eigenvalue weighted by molar-refractivity contribution is 0.137. The SMILES string of the molecule is C.C.CCCCCC1CCOS(=O)(=O)N1.CCCCCCCCOS(N)(=O)=O.O=S1(=O)OCCC2CCCCN21.S=S=S=S=S=S=S=S=S=S=S. The van der Waals surface area contributed by atoms with Gasteiger partial charge in [0, 0.05) is 121 Å². The topological polar surface area (TPSA) is 171 Å². The van der Waals surface area contributed by atoms with Crippen LogP contribution in [0.1, 0.15) is 125 Å². The number of unbranched alkanes of at least 4 members (excludes halogenated alkanes) is 7. The van der Waals surface area contributed by atoms with E-state index in [-0.39, 0.29) is 33.5 Å². The number of fused-ring (bicyclic) bond motifs is 1. The minimum atomic E-state index is -3.72. The van der Waals surface area contributed by atoms with Crippen molar-refractivity contribution in [3.05, 3.63) is 0 Å². The van der Waals surface area contributed by atoms with Crippen LogP contribution < -0.4 is 9.86 Å². The molecule has 2 unspecified atom stereocenters. The molecule has 51 heavy (non-hydrogen) atoms. The Morgan fingerprint density at radius 3 is 1.82 bits per heavy atom. The normalized spacial score (nSPS) is 19.9. The maximum absolute atomic E-state index is 11.3. The fourth-order valence-corrected chi connectivity index (χ4v) is 26.5. The Balaban J connectivity index is -0.000000596. The third-order valence-corrected chi connectivity index (χ3v) is 27.6. The number of hydrogen-bond acceptors (Lipinski definition) is 11. The quantitative estimate of drug-likeness (QED) is 0.264. The number of rotatable bonds is 12. The molecule has 3 heterocycles. The highest BCUT2D eigenvalue weighted by atomic mass is 33.4. The van der Waals surface area contributed by atoms with E-state index in [4.69, 9.17) is 4.18 Å². The predicted molar refractivity (Wildman–Crippen MR) is 241 cm³/mol. The minimum Gasteiger partial charge on any atom is -0.258 e. The van der Waals surface area contributed by atoms with E-state index in [1.54, 1.807) is 62.2 Å². The lowest BCUT2D eigenvalue weighted by Crippen LogP contribution is -2.48. The van der Waals surface area contributed by atoms with E-state index in [1.165, 1.54) is 47.7 Å². The Bertz CT molecular complexity index is 1600. The van der Waals surface area contributed by atoms with Crippen LogP contribution in [-0.4, -0.2) is 68.0 Å². The average Bonchev–Trinajstić information content (AvgIpc) is 3.04. The first-order chi connectivity index (χ1) is 23.3. The molecule has 3 saturated heterocycles. The van der Waals surface area contributed by atoms with Gasteiger partial charge in [0.25, 0.3) is 0 Å². The second-order valence-electron chi connectivity index (χ2n) is 10.4. The lowest BCUT2D eigenvalue weighted by Gasteiger charge is -2.37. The summed E-state index contributed by atoms with van der Waals surface area (Å²) in [6, 6.07) is 0.308. The Morgan fingerprint density at radius 2 is 1.29 bits per heavy atom. The first kappa shape index (κ1) is 57.4. The van der Waals surface area contributed by atoms with Crippen LogP contribution in [0.5, 0.6) is 0 Å². The van der Waals surface area contributed by atoms with Gasteiger partial charge in [-0.3, -0.25) is 12.5 Å². The van der Waals surface area contributed by atoms with Crippen LogP contribution in [0.4, 0.5) is 0 Å². The fraction of sp³-hybridized carbons (Fsp3) is 1.00. The Kier molecular flexibility index (Phi) is 40.9. The smallest absolute Gasteiger partial charge is 0.258 e. The zero-order chi connectivity index (χ0) is 36.9. The summed E-state index contributed by atoms with van der Waals surface area (Å²) in [5.41, 5.74) is 0. The van der Waals surface area contributed by atoms with Gasteiger partial charge < -0.3 is 0 Å². The van der Waals surface area contributed by atoms with Crippen LogP contribution in [0.25, 0.3) is 0 Å². The molecule has 310 valence electrons. The highest BCUT2D eigenvalue weighted by Crippen LogP contribution is 2.27. The number of nitrogens with one attached hydrogen (secondary N) is 1. The van der Waals surface area contributed by atoms with Gasteiger partial charge in [-0.25, -0.2) is 5.14 Å². The van der Waals surface area contributed by atoms with E-state index >= 15 is 0 Å². The predicted octanol–water partition coefficient (Wildman–Crippen LogP) is 4.51. The van der Waals surface area contributed by atoms with Crippen molar-refractivity contribution in [3.8, 4) is 0 Å². The molecule has 12 nitrogen and oxygen atoms in total. The Morgan fingerprint density at radius 1 is 0.765 bits per heavy atom. The van der Waals surface area contributed by atoms with Crippen LogP contribution in [-0.2, 0) is 146 Å². The van der Waals surface area contributed by atoms with E-state index in [1.807, 2.05) is 0 Å². The van der Waals surface area contributed by atoms with Crippen LogP contribution in [0.15, 0.2) is 0 Å². The number of hydrogen-bond donors (Lipinski definition) is 2. The molecule has 3 N–H and O–H groups in total. The van der Waals surface area contributed by atoms with Crippen molar-refractivity contribution in [1.82, 2.24) is 9.03 Å². The standard InChI is InChI=1S/C8H17NO3S.C8H19NO3S.C7H13NO3S.2CH4.S11/c1-2-3-4-5-8-6-7-12-13(10,11)9-8;1-2-3-4-5-6-7-8-12-13(9,10)11;9-12(10)8-5-2-1-3-7(8)4-6-11-12;;;1-3-5-7-9-11-10-8-6-4-2/h8-9H,2-7H2,1H3;2-8H2,1H3,(H2,9,10,11);7H,1-6H2;2*1H4;. The van der Waals surface area contributed by atoms with E-state index in [9.17, 15) is 25.3 Å². The van der Waals surface area contributed by atoms with Crippen molar-refractivity contribution >= 4 is 133 Å². The molecule has 0 aromatic carbocycles. The van der Waals surface area contributed by atoms with Crippen molar-refractivity contribution in [2.45, 2.75) is 137 Å². The van der Waals surface area contributed by atoms with Gasteiger partial charge in [0.2, 0.25) is 0 Å². The van der Waals surface area contributed by atoms with Gasteiger partial charge in [-0.05, 0) is 38.5 Å². The van der Waals surface area contributed by atoms with Gasteiger partial charge >= 0.3 is 30.9 Å². The lowest BCUT2D eigenvalue weighted by atomic mass is 10.0. The van der Waals surface area contributed by atoms with Gasteiger partial charge in [0.05, 0.1) is 19.8 Å². The first-order valence-corrected chi connectivity index (χ1v) is 33.1. The number of piperidine rings is 1. The van der Waals surface area contributed by atoms with Gasteiger partial charge in [-0.15, -0.1) is 0 Å². The maximum atomic E-state index is 11.3. The summed E-state index contributed by atoms with van der Waals surface area (Å²) in [5.74, 6) is 0. The molecule has 3 rings (SSSR count). The fourth-order valence-electron chi connectivity index (χ4n) is 4.49. The molecular formula is C25H57N3O9S14. The molecule has 0 aromatic rings. The molecule has 2 atom stereocenters. The van der Waals surface area contributed by atoms with Gasteiger partial charge in [0.1, 0.15) is 0 Å². The molecule has 0 bridgehead atoms. The minimum absolute atomic E-state index is 0. The maximum Gasteiger partial charge on any atom is 0.338 e. The molecule has 0 aliphatic carbocycles. The van der Waals surface area contributed by atoms with Crippen molar-refractivity contribution in [1.29, 1.82) is 0 Å². The van der Waals surface area contributed by atoms with Crippen molar-refractivity contribution in [2.24, 2.45) is 5.14 Å². The second kappa shape index (κ2) is 36.4. The molecule has 0 amide bonds. The summed E-state index contributed by atoms with van der Waals surface area (Å²) in [4.78, 5) is 0. The Hall–Kier alpha value is 2.03. The number of nitrogens with zero attached hydrogens (tertiary/aromatic N) is 1. The molecule has 3 aliphatic rings. The summed E-state index contributed by atoms with van der Waals surface area (Å²) in [6.07, 6.45) is 15.7. The third-order valence-electron chi connectivity index (χ3n) is 6.68. The van der Waals surface area contributed by atoms with E-state index in [2.05, 4.69) is 54.5 Å². The highest BCUT2D eigenvalue weighted by Gasteiger charge is 2.36. The highest BCUT2D eigenvalue weighted by molar-refractivity contribution is 8.74. The van der Waals surface area contributed by atoms with E-state index < -0.39 is 30.9 Å². The molecule has 0 radical (unpaired) electrons. The molecule has 0 aromatic heterocycles. The average molecular weight is 993 g/mol. The van der Waals surface area contributed by atoms with Gasteiger partial charge in [0.15, 0.2) is 0 Å². The van der Waals surface area contributed by atoms with Crippen molar-refractivity contribution < 1.29 is 37.8 Å². The van der Waals surface area contributed by atoms with E-state index in [0.717, 1.165) is 70.6 Å².